The number of phenols is 1. The first-order valence-electron chi connectivity index (χ1n) is 9.30. The van der Waals surface area contributed by atoms with E-state index in [1.807, 2.05) is 41.4 Å². The van der Waals surface area contributed by atoms with Crippen molar-refractivity contribution in [2.24, 2.45) is 5.92 Å². The number of benzene rings is 2. The predicted octanol–water partition coefficient (Wildman–Crippen LogP) is 1.45. The first-order valence-corrected chi connectivity index (χ1v) is 9.30. The van der Waals surface area contributed by atoms with Gasteiger partial charge in [-0.25, -0.2) is 10.4 Å². The summed E-state index contributed by atoms with van der Waals surface area (Å²) in [5.74, 6) is -0.950. The van der Waals surface area contributed by atoms with Gasteiger partial charge in [-0.3, -0.25) is 14.5 Å². The van der Waals surface area contributed by atoms with Crippen LogP contribution in [-0.4, -0.2) is 53.1 Å². The number of para-hydroxylation sites is 1. The van der Waals surface area contributed by atoms with Gasteiger partial charge in [0.05, 0.1) is 25.1 Å². The third-order valence-electron chi connectivity index (χ3n) is 5.40. The molecule has 0 radical (unpaired) electrons. The van der Waals surface area contributed by atoms with Crippen molar-refractivity contribution in [3.63, 3.8) is 0 Å². The SMILES string of the molecule is COCCN1C(=O)[C@@H]2[C@@H](C1=O)N(Cc1ccccc1)N[C@H]2c1ccccc1O. The Morgan fingerprint density at radius 3 is 2.46 bits per heavy atom. The Morgan fingerprint density at radius 2 is 1.75 bits per heavy atom. The van der Waals surface area contributed by atoms with E-state index in [0.717, 1.165) is 5.56 Å². The van der Waals surface area contributed by atoms with Gasteiger partial charge < -0.3 is 9.84 Å². The average Bonchev–Trinajstić information content (AvgIpc) is 3.18. The predicted molar refractivity (Wildman–Crippen MR) is 102 cm³/mol. The van der Waals surface area contributed by atoms with E-state index in [4.69, 9.17) is 4.74 Å². The van der Waals surface area contributed by atoms with Crippen LogP contribution in [0.15, 0.2) is 54.6 Å². The number of imide groups is 1. The molecule has 0 saturated carbocycles. The summed E-state index contributed by atoms with van der Waals surface area (Å²) in [6.45, 7) is 1.00. The molecule has 7 heteroatoms. The van der Waals surface area contributed by atoms with Crippen molar-refractivity contribution < 1.29 is 19.4 Å². The molecule has 0 spiro atoms. The summed E-state index contributed by atoms with van der Waals surface area (Å²) < 4.78 is 5.06. The maximum absolute atomic E-state index is 13.1. The Kier molecular flexibility index (Phi) is 5.13. The molecule has 2 aliphatic rings. The van der Waals surface area contributed by atoms with Crippen LogP contribution in [0.4, 0.5) is 0 Å². The Hall–Kier alpha value is -2.74. The summed E-state index contributed by atoms with van der Waals surface area (Å²) in [5.41, 5.74) is 4.95. The Balaban J connectivity index is 1.69. The summed E-state index contributed by atoms with van der Waals surface area (Å²) in [7, 11) is 1.54. The molecule has 7 nitrogen and oxygen atoms in total. The van der Waals surface area contributed by atoms with Crippen LogP contribution in [0, 0.1) is 5.92 Å². The highest BCUT2D eigenvalue weighted by Gasteiger charge is 2.58. The quantitative estimate of drug-likeness (QED) is 0.737. The molecular formula is C21H23N3O4. The first kappa shape index (κ1) is 18.6. The smallest absolute Gasteiger partial charge is 0.248 e. The third kappa shape index (κ3) is 3.17. The van der Waals surface area contributed by atoms with E-state index in [0.29, 0.717) is 18.7 Å². The van der Waals surface area contributed by atoms with Gasteiger partial charge in [0.15, 0.2) is 0 Å². The fraction of sp³-hybridized carbons (Fsp3) is 0.333. The van der Waals surface area contributed by atoms with E-state index in [1.54, 1.807) is 25.3 Å². The van der Waals surface area contributed by atoms with Crippen LogP contribution in [0.5, 0.6) is 5.75 Å². The molecule has 2 saturated heterocycles. The second kappa shape index (κ2) is 7.71. The number of aromatic hydroxyl groups is 1. The number of carbonyl (C=O) groups excluding carboxylic acids is 2. The minimum atomic E-state index is -0.617. The van der Waals surface area contributed by atoms with Crippen LogP contribution < -0.4 is 5.43 Å². The molecule has 2 heterocycles. The Labute approximate surface area is 163 Å². The van der Waals surface area contributed by atoms with Gasteiger partial charge in [-0.05, 0) is 11.6 Å². The zero-order chi connectivity index (χ0) is 19.7. The van der Waals surface area contributed by atoms with E-state index in [-0.39, 0.29) is 24.1 Å². The lowest BCUT2D eigenvalue weighted by molar-refractivity contribution is -0.142. The number of carbonyl (C=O) groups is 2. The summed E-state index contributed by atoms with van der Waals surface area (Å²) >= 11 is 0. The Bertz CT molecular complexity index is 873. The maximum Gasteiger partial charge on any atom is 0.248 e. The number of phenolic OH excluding ortho intramolecular Hbond substituents is 1. The summed E-state index contributed by atoms with van der Waals surface area (Å²) in [5, 5.41) is 12.2. The number of fused-ring (bicyclic) bond motifs is 1. The van der Waals surface area contributed by atoms with Gasteiger partial charge in [0.25, 0.3) is 0 Å². The van der Waals surface area contributed by atoms with Crippen molar-refractivity contribution in [2.45, 2.75) is 18.6 Å². The van der Waals surface area contributed by atoms with E-state index in [9.17, 15) is 14.7 Å². The van der Waals surface area contributed by atoms with Gasteiger partial charge >= 0.3 is 0 Å². The number of rotatable bonds is 6. The monoisotopic (exact) mass is 381 g/mol. The molecule has 2 aromatic carbocycles. The summed E-state index contributed by atoms with van der Waals surface area (Å²) in [4.78, 5) is 27.5. The molecule has 4 rings (SSSR count). The number of ether oxygens (including phenoxy) is 1. The second-order valence-electron chi connectivity index (χ2n) is 7.07. The molecule has 2 fully saturated rings. The molecular weight excluding hydrogens is 358 g/mol. The Morgan fingerprint density at radius 1 is 1.04 bits per heavy atom. The molecule has 0 unspecified atom stereocenters. The lowest BCUT2D eigenvalue weighted by Crippen LogP contribution is -2.45. The molecule has 0 bridgehead atoms. The zero-order valence-electron chi connectivity index (χ0n) is 15.6. The topological polar surface area (TPSA) is 82.1 Å². The van der Waals surface area contributed by atoms with Crippen LogP contribution in [0.1, 0.15) is 17.2 Å². The minimum Gasteiger partial charge on any atom is -0.508 e. The van der Waals surface area contributed by atoms with E-state index < -0.39 is 18.0 Å². The van der Waals surface area contributed by atoms with E-state index in [1.165, 1.54) is 4.90 Å². The molecule has 2 amide bonds. The van der Waals surface area contributed by atoms with Crippen LogP contribution in [0.25, 0.3) is 0 Å². The normalized spacial score (nSPS) is 24.8. The maximum atomic E-state index is 13.1. The van der Waals surface area contributed by atoms with Crippen molar-refractivity contribution in [3.05, 3.63) is 65.7 Å². The molecule has 146 valence electrons. The highest BCUT2D eigenvalue weighted by molar-refractivity contribution is 6.08. The number of nitrogens with zero attached hydrogens (tertiary/aromatic N) is 2. The van der Waals surface area contributed by atoms with Gasteiger partial charge in [0, 0.05) is 19.2 Å². The average molecular weight is 381 g/mol. The fourth-order valence-corrected chi connectivity index (χ4v) is 4.07. The molecule has 28 heavy (non-hydrogen) atoms. The number of hydrazine groups is 1. The number of hydrogen-bond donors (Lipinski definition) is 2. The van der Waals surface area contributed by atoms with E-state index in [2.05, 4.69) is 5.43 Å². The van der Waals surface area contributed by atoms with Crippen molar-refractivity contribution in [1.82, 2.24) is 15.3 Å². The number of amides is 2. The van der Waals surface area contributed by atoms with Crippen LogP contribution >= 0.6 is 0 Å². The number of nitrogens with one attached hydrogen (secondary N) is 1. The van der Waals surface area contributed by atoms with Crippen molar-refractivity contribution in [2.75, 3.05) is 20.3 Å². The summed E-state index contributed by atoms with van der Waals surface area (Å²) in [6.07, 6.45) is 0. The van der Waals surface area contributed by atoms with Gasteiger partial charge in [0.2, 0.25) is 11.8 Å². The fourth-order valence-electron chi connectivity index (χ4n) is 4.07. The molecule has 0 aliphatic carbocycles. The summed E-state index contributed by atoms with van der Waals surface area (Å²) in [6, 6.07) is 15.6. The van der Waals surface area contributed by atoms with E-state index >= 15 is 0 Å². The molecule has 2 aromatic rings. The van der Waals surface area contributed by atoms with Gasteiger partial charge in [0.1, 0.15) is 11.8 Å². The van der Waals surface area contributed by atoms with Crippen molar-refractivity contribution >= 4 is 11.8 Å². The van der Waals surface area contributed by atoms with Gasteiger partial charge in [-0.2, -0.15) is 0 Å². The van der Waals surface area contributed by atoms with Crippen molar-refractivity contribution in [1.29, 1.82) is 0 Å². The van der Waals surface area contributed by atoms with Crippen LogP contribution in [0.2, 0.25) is 0 Å². The standard InChI is InChI=1S/C21H23N3O4/c1-28-12-11-23-20(26)17-18(15-9-5-6-10-16(15)25)22-24(19(17)21(23)27)13-14-7-3-2-4-8-14/h2-10,17-19,22,25H,11-13H2,1H3/t17-,18-,19-/m0/s1. The molecule has 0 aromatic heterocycles. The minimum absolute atomic E-state index is 0.107. The largest absolute Gasteiger partial charge is 0.508 e. The highest BCUT2D eigenvalue weighted by atomic mass is 16.5. The van der Waals surface area contributed by atoms with Gasteiger partial charge in [-0.1, -0.05) is 48.5 Å². The third-order valence-corrected chi connectivity index (χ3v) is 5.40. The number of likely N-dealkylation sites (tertiary alicyclic amines) is 1. The number of hydrogen-bond acceptors (Lipinski definition) is 6. The van der Waals surface area contributed by atoms with Crippen LogP contribution in [-0.2, 0) is 20.9 Å². The van der Waals surface area contributed by atoms with Crippen molar-refractivity contribution in [3.8, 4) is 5.75 Å². The first-order chi connectivity index (χ1) is 13.6. The lowest BCUT2D eigenvalue weighted by Gasteiger charge is -2.25. The zero-order valence-corrected chi connectivity index (χ0v) is 15.6. The van der Waals surface area contributed by atoms with Crippen LogP contribution in [0.3, 0.4) is 0 Å². The molecule has 2 aliphatic heterocycles. The highest BCUT2D eigenvalue weighted by Crippen LogP contribution is 2.42. The molecule has 2 N–H and O–H groups in total. The second-order valence-corrected chi connectivity index (χ2v) is 7.07. The lowest BCUT2D eigenvalue weighted by atomic mass is 9.90. The molecule has 3 atom stereocenters. The van der Waals surface area contributed by atoms with Gasteiger partial charge in [-0.15, -0.1) is 0 Å². The number of methoxy groups -OCH3 is 1.